The zero-order valence-electron chi connectivity index (χ0n) is 14.7. The van der Waals surface area contributed by atoms with E-state index in [4.69, 9.17) is 16.3 Å². The maximum absolute atomic E-state index is 5.84. The Morgan fingerprint density at radius 2 is 2.08 bits per heavy atom. The SMILES string of the molecule is C[Si-](C)(C)CCOCn1ncc2c(Nc3ccnc(Cl)n3)cccc21. The van der Waals surface area contributed by atoms with Gasteiger partial charge in [-0.1, -0.05) is 6.07 Å². The molecule has 0 amide bonds. The molecule has 3 aromatic rings. The van der Waals surface area contributed by atoms with Gasteiger partial charge in [0, 0.05) is 18.2 Å². The van der Waals surface area contributed by atoms with Crippen molar-refractivity contribution in [2.75, 3.05) is 11.9 Å². The Bertz CT molecular complexity index is 862. The normalized spacial score (nSPS) is 11.8. The predicted octanol–water partition coefficient (Wildman–Crippen LogP) is 4.54. The molecule has 0 saturated carbocycles. The molecule has 0 aliphatic heterocycles. The zero-order valence-corrected chi connectivity index (χ0v) is 16.4. The number of aromatic nitrogens is 4. The van der Waals surface area contributed by atoms with Gasteiger partial charge in [0.15, 0.2) is 0 Å². The molecule has 0 aliphatic rings. The minimum atomic E-state index is -1.08. The van der Waals surface area contributed by atoms with Gasteiger partial charge in [-0.15, -0.1) is 14.1 Å². The van der Waals surface area contributed by atoms with E-state index in [9.17, 15) is 0 Å². The molecule has 2 aromatic heterocycles. The molecule has 0 bridgehead atoms. The summed E-state index contributed by atoms with van der Waals surface area (Å²) >= 11 is 5.84. The van der Waals surface area contributed by atoms with Crippen LogP contribution >= 0.6 is 11.6 Å². The summed E-state index contributed by atoms with van der Waals surface area (Å²) in [6.45, 7) is 8.26. The van der Waals surface area contributed by atoms with Crippen molar-refractivity contribution in [2.45, 2.75) is 32.4 Å². The first kappa shape index (κ1) is 17.8. The van der Waals surface area contributed by atoms with Gasteiger partial charge in [-0.25, -0.2) is 14.6 Å². The molecule has 1 N–H and O–H groups in total. The average Bonchev–Trinajstić information content (AvgIpc) is 2.95. The van der Waals surface area contributed by atoms with E-state index in [0.717, 1.165) is 29.2 Å². The van der Waals surface area contributed by atoms with Crippen molar-refractivity contribution in [3.63, 3.8) is 0 Å². The highest BCUT2D eigenvalue weighted by molar-refractivity contribution is 6.76. The first-order chi connectivity index (χ1) is 11.9. The van der Waals surface area contributed by atoms with Crippen molar-refractivity contribution in [1.82, 2.24) is 19.7 Å². The second-order valence-corrected chi connectivity index (χ2v) is 13.0. The van der Waals surface area contributed by atoms with Crippen LogP contribution in [0, 0.1) is 0 Å². The fourth-order valence-electron chi connectivity index (χ4n) is 2.39. The number of fused-ring (bicyclic) bond motifs is 1. The number of halogens is 1. The molecule has 0 unspecified atom stereocenters. The van der Waals surface area contributed by atoms with Crippen molar-refractivity contribution in [3.8, 4) is 0 Å². The van der Waals surface area contributed by atoms with Gasteiger partial charge in [-0.2, -0.15) is 24.7 Å². The first-order valence-corrected chi connectivity index (χ1v) is 12.3. The maximum atomic E-state index is 5.84. The topological polar surface area (TPSA) is 64.9 Å². The van der Waals surface area contributed by atoms with Gasteiger partial charge >= 0.3 is 0 Å². The van der Waals surface area contributed by atoms with Crippen LogP contribution in [-0.4, -0.2) is 34.4 Å². The van der Waals surface area contributed by atoms with Crippen LogP contribution in [0.5, 0.6) is 0 Å². The third-order valence-electron chi connectivity index (χ3n) is 3.79. The number of nitrogens with one attached hydrogen (secondary N) is 1. The number of anilines is 2. The molecular formula is C17H22ClN5OSi-. The van der Waals surface area contributed by atoms with Gasteiger partial charge in [0.1, 0.15) is 12.5 Å². The van der Waals surface area contributed by atoms with E-state index < -0.39 is 8.07 Å². The quantitative estimate of drug-likeness (QED) is 0.373. The Labute approximate surface area is 153 Å². The molecule has 2 heterocycles. The molecule has 8 heteroatoms. The third-order valence-corrected chi connectivity index (χ3v) is 5.67. The standard InChI is InChI=1S/C17H22ClN5OSi/c1-25(2,3)10-9-24-12-23-15-6-4-5-14(13(15)11-20-23)21-16-7-8-19-17(18)22-16/h4-8,11H,9-10,12H2,1-3H3,(H,19,21,22)/q-1. The van der Waals surface area contributed by atoms with Gasteiger partial charge in [-0.3, -0.25) is 0 Å². The second kappa shape index (κ2) is 7.51. The second-order valence-electron chi connectivity index (χ2n) is 7.07. The molecule has 133 valence electrons. The Balaban J connectivity index is 1.73. The third kappa shape index (κ3) is 4.78. The van der Waals surface area contributed by atoms with E-state index in [-0.39, 0.29) is 5.28 Å². The van der Waals surface area contributed by atoms with Crippen molar-refractivity contribution in [1.29, 1.82) is 0 Å². The molecule has 3 rings (SSSR count). The molecule has 0 radical (unpaired) electrons. The Kier molecular flexibility index (Phi) is 5.36. The van der Waals surface area contributed by atoms with E-state index in [1.165, 1.54) is 0 Å². The number of hydrogen-bond donors (Lipinski definition) is 1. The summed E-state index contributed by atoms with van der Waals surface area (Å²) in [4.78, 5) is 8.05. The Morgan fingerprint density at radius 1 is 1.24 bits per heavy atom. The Morgan fingerprint density at radius 3 is 2.84 bits per heavy atom. The van der Waals surface area contributed by atoms with Crippen LogP contribution in [0.3, 0.4) is 0 Å². The zero-order chi connectivity index (χ0) is 17.9. The predicted molar refractivity (Wildman–Crippen MR) is 104 cm³/mol. The summed E-state index contributed by atoms with van der Waals surface area (Å²) < 4.78 is 7.69. The number of benzene rings is 1. The van der Waals surface area contributed by atoms with E-state index in [0.29, 0.717) is 12.5 Å². The fraction of sp³-hybridized carbons (Fsp3) is 0.353. The monoisotopic (exact) mass is 375 g/mol. The number of rotatable bonds is 7. The highest BCUT2D eigenvalue weighted by Crippen LogP contribution is 2.26. The molecule has 25 heavy (non-hydrogen) atoms. The van der Waals surface area contributed by atoms with Crippen LogP contribution < -0.4 is 5.32 Å². The molecule has 0 atom stereocenters. The largest absolute Gasteiger partial charge is 0.362 e. The smallest absolute Gasteiger partial charge is 0.224 e. The molecule has 0 saturated heterocycles. The molecular weight excluding hydrogens is 354 g/mol. The molecule has 0 fully saturated rings. The summed E-state index contributed by atoms with van der Waals surface area (Å²) in [6.07, 6.45) is 3.45. The summed E-state index contributed by atoms with van der Waals surface area (Å²) in [6, 6.07) is 8.91. The molecule has 6 nitrogen and oxygen atoms in total. The summed E-state index contributed by atoms with van der Waals surface area (Å²) in [5.41, 5.74) is 1.93. The van der Waals surface area contributed by atoms with Crippen LogP contribution in [0.15, 0.2) is 36.7 Å². The fourth-order valence-corrected chi connectivity index (χ4v) is 3.29. The number of nitrogens with zero attached hydrogens (tertiary/aromatic N) is 4. The molecule has 1 aromatic carbocycles. The lowest BCUT2D eigenvalue weighted by Crippen LogP contribution is -2.22. The van der Waals surface area contributed by atoms with Gasteiger partial charge < -0.3 is 10.1 Å². The highest BCUT2D eigenvalue weighted by Gasteiger charge is 2.08. The lowest BCUT2D eigenvalue weighted by Gasteiger charge is -2.26. The van der Waals surface area contributed by atoms with E-state index >= 15 is 0 Å². The minimum absolute atomic E-state index is 0.212. The lowest BCUT2D eigenvalue weighted by atomic mass is 10.2. The summed E-state index contributed by atoms with van der Waals surface area (Å²) in [5, 5.41) is 8.93. The number of ether oxygens (including phenoxy) is 1. The van der Waals surface area contributed by atoms with Crippen LogP contribution in [0.2, 0.25) is 31.0 Å². The van der Waals surface area contributed by atoms with Crippen LogP contribution in [0.4, 0.5) is 11.5 Å². The van der Waals surface area contributed by atoms with Gasteiger partial charge in [0.25, 0.3) is 0 Å². The summed E-state index contributed by atoms with van der Waals surface area (Å²) in [7, 11) is -1.08. The molecule has 0 aliphatic carbocycles. The van der Waals surface area contributed by atoms with Crippen LogP contribution in [0.25, 0.3) is 10.9 Å². The molecule has 0 spiro atoms. The van der Waals surface area contributed by atoms with E-state index in [1.54, 1.807) is 12.3 Å². The lowest BCUT2D eigenvalue weighted by molar-refractivity contribution is 0.0817. The van der Waals surface area contributed by atoms with Crippen molar-refractivity contribution >= 4 is 42.1 Å². The van der Waals surface area contributed by atoms with Crippen LogP contribution in [-0.2, 0) is 11.5 Å². The van der Waals surface area contributed by atoms with Crippen molar-refractivity contribution in [3.05, 3.63) is 41.9 Å². The average molecular weight is 376 g/mol. The van der Waals surface area contributed by atoms with Crippen molar-refractivity contribution in [2.24, 2.45) is 0 Å². The maximum Gasteiger partial charge on any atom is 0.224 e. The van der Waals surface area contributed by atoms with Gasteiger partial charge in [-0.05, 0) is 29.8 Å². The number of hydrogen-bond acceptors (Lipinski definition) is 5. The highest BCUT2D eigenvalue weighted by atomic mass is 35.5. The van der Waals surface area contributed by atoms with Crippen LogP contribution in [0.1, 0.15) is 0 Å². The van der Waals surface area contributed by atoms with Crippen molar-refractivity contribution < 1.29 is 4.74 Å². The minimum Gasteiger partial charge on any atom is -0.362 e. The van der Waals surface area contributed by atoms with E-state index in [1.807, 2.05) is 29.1 Å². The van der Waals surface area contributed by atoms with Gasteiger partial charge in [0.2, 0.25) is 5.28 Å². The Hall–Kier alpha value is -1.96. The van der Waals surface area contributed by atoms with Gasteiger partial charge in [0.05, 0.1) is 17.4 Å². The first-order valence-electron chi connectivity index (χ1n) is 8.20. The summed E-state index contributed by atoms with van der Waals surface area (Å²) in [5.74, 6) is 0.645. The van der Waals surface area contributed by atoms with E-state index in [2.05, 4.69) is 40.0 Å².